The number of aromatic hydroxyl groups is 1. The van der Waals surface area contributed by atoms with Crippen molar-refractivity contribution in [3.05, 3.63) is 298 Å². The Morgan fingerprint density at radius 3 is 1.20 bits per heavy atom. The van der Waals surface area contributed by atoms with E-state index in [0.29, 0.717) is 110 Å². The van der Waals surface area contributed by atoms with Gasteiger partial charge in [0.1, 0.15) is 34.5 Å². The lowest BCUT2D eigenvalue weighted by molar-refractivity contribution is -0.180. The topological polar surface area (TPSA) is 122 Å². The Kier molecular flexibility index (Phi) is 48.8. The van der Waals surface area contributed by atoms with Crippen molar-refractivity contribution in [3.8, 4) is 45.6 Å². The van der Waals surface area contributed by atoms with Gasteiger partial charge in [0, 0.05) is 49.9 Å². The summed E-state index contributed by atoms with van der Waals surface area (Å²) in [5.41, 5.74) is 16.6. The second-order valence-corrected chi connectivity index (χ2v) is 41.1. The maximum Gasteiger partial charge on any atom is 0.206 e. The van der Waals surface area contributed by atoms with E-state index in [4.69, 9.17) is 57.2 Å². The van der Waals surface area contributed by atoms with E-state index in [2.05, 4.69) is 340 Å². The number of methoxy groups -OCH3 is 1. The van der Waals surface area contributed by atoms with Crippen LogP contribution in [0.2, 0.25) is 0 Å². The largest absolute Gasteiger partial charge is 0.508 e. The smallest absolute Gasteiger partial charge is 0.206 e. The Labute approximate surface area is 847 Å². The second-order valence-electron chi connectivity index (χ2n) is 41.1. The van der Waals surface area contributed by atoms with Crippen LogP contribution in [0.1, 0.15) is 384 Å². The molecule has 1 N–H and O–H groups in total. The van der Waals surface area contributed by atoms with Crippen molar-refractivity contribution >= 4 is 10.8 Å². The van der Waals surface area contributed by atoms with Crippen molar-refractivity contribution in [3.63, 3.8) is 0 Å². The predicted octanol–water partition coefficient (Wildman–Crippen LogP) is 35.6. The van der Waals surface area contributed by atoms with Gasteiger partial charge in [-0.3, -0.25) is 0 Å². The minimum Gasteiger partial charge on any atom is -0.508 e. The molecule has 17 atom stereocenters. The summed E-state index contributed by atoms with van der Waals surface area (Å²) in [6.07, 6.45) is 24.6. The number of benzene rings is 10. The van der Waals surface area contributed by atoms with Crippen LogP contribution < -0.4 is 23.7 Å². The highest BCUT2D eigenvalue weighted by Crippen LogP contribution is 2.55. The molecule has 2 fully saturated rings. The van der Waals surface area contributed by atoms with Gasteiger partial charge < -0.3 is 57.2 Å². The number of phenolic OH excluding ortho intramolecular Hbond substituents is 1. The third-order valence-electron chi connectivity index (χ3n) is 30.0. The van der Waals surface area contributed by atoms with E-state index in [1.807, 2.05) is 57.2 Å². The summed E-state index contributed by atoms with van der Waals surface area (Å²) >= 11 is 0. The molecule has 0 heterocycles. The molecule has 12 nitrogen and oxygen atoms in total. The van der Waals surface area contributed by atoms with Crippen LogP contribution >= 0.6 is 0 Å². The standard InChI is InChI=1S/C31H38O2.C22H32O2.C20H32O2.C17H28O3.C14H22O2.C14H14.C10H14O/c1-5-7-12-23(4)31(33-25-19-17-24(18-20-25)22(3)6-2)32-21-30-28-15-10-8-13-26(28)27-14-9-11-16-29(27)30;1-6-16(4)18-8-11-20(12-9-18)24-21(23-15(2)3)22(5)14-17-7-10-19(22)13-17;1-4-16(3)18-11-13-19(14-12-18)22-20(21-5-2)15-17-9-7-6-8-10-17;1-6-14(4)15-7-9-16(10-8-15)20-17(13(2)3)19-12-11-18-5;1-5-11(3)13-7-9-14(10-8-13)16-12(4)15-6-2;1-9-10(2)13-8-4-6-11-5-3-7-12(9)14(11)13;1-3-8(2)9-4-6-10(11)7-5-9/h8-11,13-20,22-23,30-31H,5-7,12,21H2,1-4H3;7-12,15-17,19,21H,6,13-14H2,1-5H3;11-14,16-17,20H,4-10,15H2,1-3H3;7-10,13-14,17H,6,11-12H2,1-5H3;7-12H,5-6H2,1-4H3;3-10H,1-2H3;4-8,11H,3H2,1-2H3. The van der Waals surface area contributed by atoms with Gasteiger partial charge in [-0.05, 0) is 308 Å². The molecule has 10 aromatic carbocycles. The average molecular weight is 1910 g/mol. The lowest BCUT2D eigenvalue weighted by Crippen LogP contribution is -2.43. The van der Waals surface area contributed by atoms with Crippen LogP contribution in [0.3, 0.4) is 0 Å². The van der Waals surface area contributed by atoms with Gasteiger partial charge >= 0.3 is 0 Å². The minimum atomic E-state index is -0.258. The third-order valence-corrected chi connectivity index (χ3v) is 30.0. The van der Waals surface area contributed by atoms with Gasteiger partial charge in [-0.2, -0.15) is 0 Å². The Morgan fingerprint density at radius 2 is 0.807 bits per heavy atom. The summed E-state index contributed by atoms with van der Waals surface area (Å²) in [5, 5.41) is 11.9. The fourth-order valence-electron chi connectivity index (χ4n) is 19.5. The second kappa shape index (κ2) is 59.7. The van der Waals surface area contributed by atoms with E-state index in [1.54, 1.807) is 19.2 Å². The molecule has 0 spiro atoms. The Morgan fingerprint density at radius 1 is 0.400 bits per heavy atom. The Balaban J connectivity index is 0.000000187. The van der Waals surface area contributed by atoms with Crippen LogP contribution in [0.25, 0.3) is 21.9 Å². The number of phenols is 1. The summed E-state index contributed by atoms with van der Waals surface area (Å²) < 4.78 is 65.1. The maximum atomic E-state index is 9.01. The van der Waals surface area contributed by atoms with Crippen molar-refractivity contribution in [2.75, 3.05) is 40.1 Å². The third kappa shape index (κ3) is 34.5. The van der Waals surface area contributed by atoms with E-state index >= 15 is 0 Å². The molecule has 0 radical (unpaired) electrons. The van der Waals surface area contributed by atoms with Crippen LogP contribution in [-0.2, 0) is 28.4 Å². The molecule has 15 rings (SSSR count). The lowest BCUT2D eigenvalue weighted by Gasteiger charge is -2.39. The first-order valence-corrected chi connectivity index (χ1v) is 54.1. The normalized spacial score (nSPS) is 19.1. The van der Waals surface area contributed by atoms with Crippen molar-refractivity contribution in [2.24, 2.45) is 35.0 Å². The molecule has 140 heavy (non-hydrogen) atoms. The highest BCUT2D eigenvalue weighted by molar-refractivity contribution is 5.92. The monoisotopic (exact) mass is 1910 g/mol. The van der Waals surface area contributed by atoms with Crippen molar-refractivity contribution in [1.29, 1.82) is 0 Å². The van der Waals surface area contributed by atoms with Crippen LogP contribution in [-0.4, -0.2) is 82.8 Å². The van der Waals surface area contributed by atoms with E-state index in [1.165, 1.54) is 135 Å². The molecule has 0 saturated heterocycles. The number of unbranched alkanes of at least 4 members (excludes halogenated alkanes) is 1. The Bertz CT molecular complexity index is 5010. The maximum absolute atomic E-state index is 9.01. The molecule has 17 unspecified atom stereocenters. The zero-order valence-corrected chi connectivity index (χ0v) is 90.6. The lowest BCUT2D eigenvalue weighted by atomic mass is 9.77. The van der Waals surface area contributed by atoms with Crippen LogP contribution in [0.15, 0.2) is 243 Å². The molecule has 0 aromatic heterocycles. The summed E-state index contributed by atoms with van der Waals surface area (Å²) in [7, 11) is 1.67. The molecular formula is C128H180O12. The Hall–Kier alpha value is -9.24. The zero-order chi connectivity index (χ0) is 101. The van der Waals surface area contributed by atoms with Crippen molar-refractivity contribution < 1.29 is 57.2 Å². The molecule has 10 aromatic rings. The molecule has 2 bridgehead atoms. The molecule has 12 heteroatoms. The highest BCUT2D eigenvalue weighted by atomic mass is 16.7. The van der Waals surface area contributed by atoms with E-state index in [9.17, 15) is 0 Å². The highest BCUT2D eigenvalue weighted by Gasteiger charge is 2.52. The van der Waals surface area contributed by atoms with E-state index in [-0.39, 0.29) is 48.9 Å². The quantitative estimate of drug-likeness (QED) is 0.0222. The fraction of sp³-hybridized carbons (Fsp3) is 0.531. The van der Waals surface area contributed by atoms with Crippen molar-refractivity contribution in [2.45, 2.75) is 366 Å². The number of rotatable bonds is 43. The molecular weight excluding hydrogens is 1730 g/mol. The number of ether oxygens (including phenoxy) is 11. The number of hydrogen-bond acceptors (Lipinski definition) is 12. The van der Waals surface area contributed by atoms with E-state index < -0.39 is 0 Å². The fourth-order valence-corrected chi connectivity index (χ4v) is 19.5. The van der Waals surface area contributed by atoms with Gasteiger partial charge in [0.2, 0.25) is 18.9 Å². The zero-order valence-electron chi connectivity index (χ0n) is 90.6. The van der Waals surface area contributed by atoms with Crippen LogP contribution in [0.4, 0.5) is 0 Å². The minimum absolute atomic E-state index is 0.0685. The van der Waals surface area contributed by atoms with Crippen LogP contribution in [0, 0.1) is 35.0 Å². The molecule has 0 aliphatic heterocycles. The first kappa shape index (κ1) is 114. The SMILES string of the molecule is CC1c2cccc3cccc(c23)C1C.CCC(C)c1ccc(O)cc1.CCC(C)c1ccc(OC(OC(C)C)C2(C)CC3C=CC2C3)cc1.CCC(C)c1ccc(OC(OCCOC)C(C)C)cc1.CCCCC(C)C(OCC1c2ccccc2-c2ccccc21)Oc1ccc(C(C)CC)cc1.CCOC(C)Oc1ccc(C(C)CC)cc1.CCOC(CC1CCCCC1)Oc1ccc(C(C)CC)cc1. The van der Waals surface area contributed by atoms with Crippen molar-refractivity contribution in [1.82, 2.24) is 0 Å². The number of fused-ring (bicyclic) bond motifs is 5. The molecule has 2 saturated carbocycles. The molecule has 5 aliphatic rings. The first-order valence-electron chi connectivity index (χ1n) is 54.1. The molecule has 0 amide bonds. The molecule has 5 aliphatic carbocycles. The van der Waals surface area contributed by atoms with E-state index in [0.717, 1.165) is 86.0 Å². The molecule has 764 valence electrons. The number of allylic oxidation sites excluding steroid dienone is 2. The van der Waals surface area contributed by atoms with Gasteiger partial charge in [0.15, 0.2) is 12.6 Å². The first-order chi connectivity index (χ1) is 67.5. The number of hydrogen-bond donors (Lipinski definition) is 1. The van der Waals surface area contributed by atoms with Gasteiger partial charge in [-0.25, -0.2) is 0 Å². The van der Waals surface area contributed by atoms with Gasteiger partial charge in [0.25, 0.3) is 0 Å². The van der Waals surface area contributed by atoms with Gasteiger partial charge in [-0.15, -0.1) is 0 Å². The average Bonchev–Trinajstić information content (AvgIpc) is 1.63. The summed E-state index contributed by atoms with van der Waals surface area (Å²) in [4.78, 5) is 0. The summed E-state index contributed by atoms with van der Waals surface area (Å²) in [6, 6.07) is 80.6. The summed E-state index contributed by atoms with van der Waals surface area (Å²) in [5.74, 6) is 12.6. The summed E-state index contributed by atoms with van der Waals surface area (Å²) in [6.45, 7) is 55.6. The van der Waals surface area contributed by atoms with Gasteiger partial charge in [-0.1, -0.05) is 346 Å². The van der Waals surface area contributed by atoms with Crippen LogP contribution in [0.5, 0.6) is 34.5 Å². The van der Waals surface area contributed by atoms with Gasteiger partial charge in [0.05, 0.1) is 25.9 Å². The predicted molar refractivity (Wildman–Crippen MR) is 586 cm³/mol.